The first kappa shape index (κ1) is 55.2. The highest BCUT2D eigenvalue weighted by molar-refractivity contribution is 7.47. The van der Waals surface area contributed by atoms with Gasteiger partial charge in [0.2, 0.25) is 0 Å². The molecular formula is C46H80NO10P. The van der Waals surface area contributed by atoms with Gasteiger partial charge in [-0.05, 0) is 51.4 Å². The van der Waals surface area contributed by atoms with Crippen molar-refractivity contribution in [3.63, 3.8) is 0 Å². The van der Waals surface area contributed by atoms with Gasteiger partial charge in [0.15, 0.2) is 6.10 Å². The molecule has 0 saturated carbocycles. The van der Waals surface area contributed by atoms with Crippen LogP contribution in [0.4, 0.5) is 0 Å². The monoisotopic (exact) mass is 838 g/mol. The molecule has 0 aliphatic carbocycles. The minimum Gasteiger partial charge on any atom is -0.480 e. The van der Waals surface area contributed by atoms with E-state index in [1.165, 1.54) is 83.5 Å². The largest absolute Gasteiger partial charge is 0.480 e. The average molecular weight is 838 g/mol. The summed E-state index contributed by atoms with van der Waals surface area (Å²) in [5.74, 6) is -2.45. The Balaban J connectivity index is 4.43. The topological polar surface area (TPSA) is 172 Å². The number of carboxylic acid groups (broad SMARTS) is 1. The van der Waals surface area contributed by atoms with E-state index in [9.17, 15) is 23.8 Å². The molecule has 0 aromatic carbocycles. The molecule has 334 valence electrons. The molecule has 0 amide bonds. The van der Waals surface area contributed by atoms with Crippen LogP contribution in [0.3, 0.4) is 0 Å². The maximum Gasteiger partial charge on any atom is 0.472 e. The standard InChI is InChI=1S/C46H80NO10P/c1-3-5-7-9-11-13-15-17-19-21-23-25-27-29-31-33-35-37-44(48)54-39-42(40-55-58(52,53)56-41-43(47)46(50)51)57-45(49)38-36-34-32-30-28-26-24-22-20-18-16-14-12-10-8-6-4-2/h6,8,12,14,18,20,24,26,30,32,42-43H,3-5,7,9-11,13,15-17,19,21-23,25,27-29,31,33-41,47H2,1-2H3,(H,50,51)(H,52,53)/b8-6-,14-12-,20-18-,26-24-,32-30-. The quantitative estimate of drug-likeness (QED) is 0.0231. The second-order valence-corrected chi connectivity index (χ2v) is 16.3. The lowest BCUT2D eigenvalue weighted by Crippen LogP contribution is -2.34. The van der Waals surface area contributed by atoms with Gasteiger partial charge >= 0.3 is 25.7 Å². The summed E-state index contributed by atoms with van der Waals surface area (Å²) in [6.07, 6.45) is 47.2. The second kappa shape index (κ2) is 40.9. The van der Waals surface area contributed by atoms with Crippen molar-refractivity contribution in [3.05, 3.63) is 60.8 Å². The van der Waals surface area contributed by atoms with E-state index in [1.807, 2.05) is 12.2 Å². The predicted octanol–water partition coefficient (Wildman–Crippen LogP) is 12.0. The number of aliphatic carboxylic acids is 1. The number of carbonyl (C=O) groups is 3. The number of allylic oxidation sites excluding steroid dienone is 10. The van der Waals surface area contributed by atoms with Gasteiger partial charge in [0.1, 0.15) is 12.6 Å². The Morgan fingerprint density at radius 1 is 0.552 bits per heavy atom. The predicted molar refractivity (Wildman–Crippen MR) is 235 cm³/mol. The summed E-state index contributed by atoms with van der Waals surface area (Å²) in [5, 5.41) is 8.89. The third-order valence-corrected chi connectivity index (χ3v) is 10.2. The van der Waals surface area contributed by atoms with Crippen molar-refractivity contribution in [1.82, 2.24) is 0 Å². The molecule has 12 heteroatoms. The Hall–Kier alpha value is -2.82. The number of rotatable bonds is 41. The number of carbonyl (C=O) groups excluding carboxylic acids is 2. The molecule has 0 saturated heterocycles. The maximum absolute atomic E-state index is 12.6. The summed E-state index contributed by atoms with van der Waals surface area (Å²) in [5.41, 5.74) is 5.33. The number of ether oxygens (including phenoxy) is 2. The van der Waals surface area contributed by atoms with E-state index in [2.05, 4.69) is 67.0 Å². The highest BCUT2D eigenvalue weighted by Crippen LogP contribution is 2.43. The smallest absolute Gasteiger partial charge is 0.472 e. The van der Waals surface area contributed by atoms with Crippen molar-refractivity contribution in [1.29, 1.82) is 0 Å². The van der Waals surface area contributed by atoms with Crippen molar-refractivity contribution in [3.8, 4) is 0 Å². The van der Waals surface area contributed by atoms with Gasteiger partial charge in [-0.1, -0.05) is 177 Å². The number of carboxylic acids is 1. The van der Waals surface area contributed by atoms with Crippen molar-refractivity contribution in [2.45, 2.75) is 193 Å². The van der Waals surface area contributed by atoms with Gasteiger partial charge in [0.25, 0.3) is 0 Å². The molecular weight excluding hydrogens is 757 g/mol. The molecule has 0 aliphatic rings. The van der Waals surface area contributed by atoms with Gasteiger partial charge in [0.05, 0.1) is 13.2 Å². The molecule has 0 aromatic heterocycles. The second-order valence-electron chi connectivity index (χ2n) is 14.8. The summed E-state index contributed by atoms with van der Waals surface area (Å²) in [6, 6.07) is -1.53. The fraction of sp³-hybridized carbons (Fsp3) is 0.717. The zero-order valence-electron chi connectivity index (χ0n) is 36.1. The van der Waals surface area contributed by atoms with Crippen LogP contribution in [0.5, 0.6) is 0 Å². The third kappa shape index (κ3) is 40.0. The van der Waals surface area contributed by atoms with E-state index in [-0.39, 0.29) is 19.4 Å². The van der Waals surface area contributed by atoms with Crippen molar-refractivity contribution in [2.75, 3.05) is 19.8 Å². The van der Waals surface area contributed by atoms with E-state index in [4.69, 9.17) is 24.8 Å². The van der Waals surface area contributed by atoms with Gasteiger partial charge in [0, 0.05) is 12.8 Å². The molecule has 3 unspecified atom stereocenters. The van der Waals surface area contributed by atoms with Crippen molar-refractivity contribution < 1.29 is 47.5 Å². The lowest BCUT2D eigenvalue weighted by molar-refractivity contribution is -0.161. The minimum atomic E-state index is -4.73. The van der Waals surface area contributed by atoms with Crippen molar-refractivity contribution >= 4 is 25.7 Å². The molecule has 58 heavy (non-hydrogen) atoms. The Morgan fingerprint density at radius 2 is 0.966 bits per heavy atom. The van der Waals surface area contributed by atoms with Crippen LogP contribution >= 0.6 is 7.82 Å². The van der Waals surface area contributed by atoms with Gasteiger partial charge in [-0.2, -0.15) is 0 Å². The molecule has 0 aliphatic heterocycles. The third-order valence-electron chi connectivity index (χ3n) is 9.28. The molecule has 0 rings (SSSR count). The first-order chi connectivity index (χ1) is 28.1. The van der Waals surface area contributed by atoms with Gasteiger partial charge in [-0.25, -0.2) is 4.57 Å². The fourth-order valence-corrected chi connectivity index (χ4v) is 6.58. The molecule has 0 fully saturated rings. The summed E-state index contributed by atoms with van der Waals surface area (Å²) < 4.78 is 32.7. The number of phosphoric ester groups is 1. The van der Waals surface area contributed by atoms with E-state index in [1.54, 1.807) is 0 Å². The molecule has 0 spiro atoms. The van der Waals surface area contributed by atoms with E-state index >= 15 is 0 Å². The number of hydrogen-bond acceptors (Lipinski definition) is 9. The summed E-state index contributed by atoms with van der Waals surface area (Å²) in [7, 11) is -4.73. The van der Waals surface area contributed by atoms with Crippen LogP contribution in [0.25, 0.3) is 0 Å². The summed E-state index contributed by atoms with van der Waals surface area (Å²) in [6.45, 7) is 2.64. The molecule has 0 aromatic rings. The SMILES string of the molecule is CC/C=C\C/C=C\C/C=C\C/C=C\C/C=C\CCCC(=O)OC(COC(=O)CCCCCCCCCCCCCCCCCCC)COP(=O)(O)OCC(N)C(=O)O. The maximum atomic E-state index is 12.6. The van der Waals surface area contributed by atoms with Crippen LogP contribution in [-0.4, -0.2) is 59.9 Å². The Bertz CT molecular complexity index is 1210. The molecule has 11 nitrogen and oxygen atoms in total. The van der Waals surface area contributed by atoms with E-state index in [0.717, 1.165) is 51.4 Å². The number of nitrogens with two attached hydrogens (primary N) is 1. The molecule has 0 bridgehead atoms. The lowest BCUT2D eigenvalue weighted by Gasteiger charge is -2.20. The lowest BCUT2D eigenvalue weighted by atomic mass is 10.0. The molecule has 0 radical (unpaired) electrons. The highest BCUT2D eigenvalue weighted by atomic mass is 31.2. The minimum absolute atomic E-state index is 0.0821. The van der Waals surface area contributed by atoms with Crippen LogP contribution in [0.2, 0.25) is 0 Å². The molecule has 3 atom stereocenters. The van der Waals surface area contributed by atoms with Gasteiger partial charge in [-0.15, -0.1) is 0 Å². The summed E-state index contributed by atoms with van der Waals surface area (Å²) >= 11 is 0. The molecule has 0 heterocycles. The van der Waals surface area contributed by atoms with Crippen LogP contribution in [0.15, 0.2) is 60.8 Å². The zero-order valence-corrected chi connectivity index (χ0v) is 37.0. The number of unbranched alkanes of at least 4 members (excludes halogenated alkanes) is 17. The van der Waals surface area contributed by atoms with E-state index < -0.39 is 51.1 Å². The van der Waals surface area contributed by atoms with Crippen molar-refractivity contribution in [2.24, 2.45) is 5.73 Å². The molecule has 4 N–H and O–H groups in total. The number of hydrogen-bond donors (Lipinski definition) is 3. The first-order valence-corrected chi connectivity index (χ1v) is 23.8. The fourth-order valence-electron chi connectivity index (χ4n) is 5.81. The number of phosphoric acid groups is 1. The Labute approximate surface area is 351 Å². The van der Waals surface area contributed by atoms with Crippen LogP contribution in [-0.2, 0) is 37.5 Å². The Morgan fingerprint density at radius 3 is 1.43 bits per heavy atom. The van der Waals surface area contributed by atoms with Crippen LogP contribution in [0.1, 0.15) is 181 Å². The summed E-state index contributed by atoms with van der Waals surface area (Å²) in [4.78, 5) is 46.0. The van der Waals surface area contributed by atoms with E-state index in [0.29, 0.717) is 19.3 Å². The Kier molecular flexibility index (Phi) is 38.9. The zero-order chi connectivity index (χ0) is 42.8. The van der Waals surface area contributed by atoms with Crippen LogP contribution in [0, 0.1) is 0 Å². The average Bonchev–Trinajstić information content (AvgIpc) is 3.20. The van der Waals surface area contributed by atoms with Crippen LogP contribution < -0.4 is 5.73 Å². The van der Waals surface area contributed by atoms with Gasteiger partial charge < -0.3 is 25.2 Å². The van der Waals surface area contributed by atoms with Gasteiger partial charge in [-0.3, -0.25) is 23.4 Å². The number of esters is 2. The first-order valence-electron chi connectivity index (χ1n) is 22.3. The normalized spacial score (nSPS) is 14.3. The highest BCUT2D eigenvalue weighted by Gasteiger charge is 2.28.